The number of nitrogens with one attached hydrogen (secondary N) is 1. The Kier molecular flexibility index (Phi) is 3.50. The molecule has 21 heavy (non-hydrogen) atoms. The average molecular weight is 323 g/mol. The lowest BCUT2D eigenvalue weighted by Crippen LogP contribution is -2.18. The Labute approximate surface area is 126 Å². The van der Waals surface area contributed by atoms with Gasteiger partial charge in [0, 0.05) is 11.3 Å². The predicted octanol–water partition coefficient (Wildman–Crippen LogP) is 2.70. The number of para-hydroxylation sites is 1. The minimum absolute atomic E-state index is 0.201. The Hall–Kier alpha value is -1.80. The van der Waals surface area contributed by atoms with Crippen molar-refractivity contribution in [2.24, 2.45) is 4.40 Å². The summed E-state index contributed by atoms with van der Waals surface area (Å²) in [5, 5.41) is 7.27. The molecule has 8 heteroatoms. The van der Waals surface area contributed by atoms with Crippen molar-refractivity contribution >= 4 is 32.6 Å². The van der Waals surface area contributed by atoms with E-state index in [1.807, 2.05) is 13.8 Å². The van der Waals surface area contributed by atoms with E-state index < -0.39 is 10.0 Å². The molecule has 3 rings (SSSR count). The molecule has 1 aromatic heterocycles. The number of aryl methyl sites for hydroxylation is 2. The van der Waals surface area contributed by atoms with E-state index in [-0.39, 0.29) is 4.90 Å². The summed E-state index contributed by atoms with van der Waals surface area (Å²) >= 11 is 1.31. The summed E-state index contributed by atoms with van der Waals surface area (Å²) < 4.78 is 33.1. The van der Waals surface area contributed by atoms with Crippen molar-refractivity contribution in [1.82, 2.24) is 5.16 Å². The van der Waals surface area contributed by atoms with Crippen molar-refractivity contribution in [2.45, 2.75) is 24.5 Å². The number of hydrogen-bond donors (Lipinski definition) is 1. The van der Waals surface area contributed by atoms with E-state index in [2.05, 4.69) is 14.9 Å². The first-order valence-electron chi connectivity index (χ1n) is 6.23. The van der Waals surface area contributed by atoms with Gasteiger partial charge in [-0.3, -0.25) is 0 Å². The molecule has 110 valence electrons. The molecule has 0 bridgehead atoms. The fourth-order valence-electron chi connectivity index (χ4n) is 2.00. The van der Waals surface area contributed by atoms with Crippen LogP contribution in [-0.4, -0.2) is 18.7 Å². The average Bonchev–Trinajstić information content (AvgIpc) is 2.75. The van der Waals surface area contributed by atoms with Crippen LogP contribution in [0.3, 0.4) is 0 Å². The lowest BCUT2D eigenvalue weighted by atomic mass is 10.2. The van der Waals surface area contributed by atoms with Crippen LogP contribution in [0.1, 0.15) is 17.0 Å². The minimum atomic E-state index is -3.64. The maximum atomic E-state index is 12.1. The topological polar surface area (TPSA) is 84.6 Å². The van der Waals surface area contributed by atoms with Gasteiger partial charge in [-0.05, 0) is 26.0 Å². The van der Waals surface area contributed by atoms with Gasteiger partial charge in [-0.15, -0.1) is 4.40 Å². The molecule has 0 atom stereocenters. The van der Waals surface area contributed by atoms with Crippen molar-refractivity contribution in [1.29, 1.82) is 0 Å². The molecule has 0 fully saturated rings. The predicted molar refractivity (Wildman–Crippen MR) is 82.0 cm³/mol. The number of hydrogen-bond acceptors (Lipinski definition) is 6. The van der Waals surface area contributed by atoms with Crippen LogP contribution in [0.4, 0.5) is 5.69 Å². The summed E-state index contributed by atoms with van der Waals surface area (Å²) in [5.41, 5.74) is 2.31. The number of thioether (sulfide) groups is 1. The normalized spacial score (nSPS) is 16.0. The molecule has 0 saturated carbocycles. The van der Waals surface area contributed by atoms with Gasteiger partial charge in [0.1, 0.15) is 10.7 Å². The van der Waals surface area contributed by atoms with Crippen LogP contribution in [0.25, 0.3) is 0 Å². The molecule has 2 aromatic rings. The molecule has 1 aromatic carbocycles. The maximum absolute atomic E-state index is 12.1. The molecule has 1 aliphatic heterocycles. The van der Waals surface area contributed by atoms with Gasteiger partial charge in [-0.2, -0.15) is 8.42 Å². The Morgan fingerprint density at radius 2 is 2.05 bits per heavy atom. The number of sulfonamides is 1. The van der Waals surface area contributed by atoms with Crippen molar-refractivity contribution in [2.75, 3.05) is 5.32 Å². The third kappa shape index (κ3) is 2.68. The summed E-state index contributed by atoms with van der Waals surface area (Å²) in [6, 6.07) is 6.72. The zero-order valence-electron chi connectivity index (χ0n) is 11.5. The van der Waals surface area contributed by atoms with Gasteiger partial charge in [0.2, 0.25) is 0 Å². The summed E-state index contributed by atoms with van der Waals surface area (Å²) in [5.74, 6) is 1.28. The van der Waals surface area contributed by atoms with E-state index in [1.165, 1.54) is 17.8 Å². The Morgan fingerprint density at radius 1 is 1.29 bits per heavy atom. The number of nitrogens with zero attached hydrogens (tertiary/aromatic N) is 2. The van der Waals surface area contributed by atoms with Crippen LogP contribution < -0.4 is 5.32 Å². The summed E-state index contributed by atoms with van der Waals surface area (Å²) in [6.07, 6.45) is 0. The number of fused-ring (bicyclic) bond motifs is 1. The lowest BCUT2D eigenvalue weighted by Gasteiger charge is -2.17. The molecule has 0 saturated heterocycles. The molecular formula is C13H13N3O3S2. The largest absolute Gasteiger partial charge is 0.361 e. The Balaban J connectivity index is 1.84. The first-order chi connectivity index (χ1) is 9.97. The minimum Gasteiger partial charge on any atom is -0.361 e. The van der Waals surface area contributed by atoms with Crippen molar-refractivity contribution in [3.63, 3.8) is 0 Å². The highest BCUT2D eigenvalue weighted by molar-refractivity contribution is 8.14. The smallest absolute Gasteiger partial charge is 0.286 e. The number of rotatable bonds is 2. The van der Waals surface area contributed by atoms with Gasteiger partial charge < -0.3 is 9.84 Å². The standard InChI is InChI=1S/C13H13N3O3S2/c1-8-10(9(2)19-15-8)7-20-13-14-11-5-3-4-6-12(11)21(17,18)16-13/h3-6H,7H2,1-2H3,(H,14,16). The van der Waals surface area contributed by atoms with Crippen LogP contribution in [0, 0.1) is 13.8 Å². The first kappa shape index (κ1) is 14.2. The summed E-state index contributed by atoms with van der Waals surface area (Å²) in [6.45, 7) is 3.69. The highest BCUT2D eigenvalue weighted by Gasteiger charge is 2.24. The van der Waals surface area contributed by atoms with Crippen molar-refractivity contribution in [3.8, 4) is 0 Å². The number of anilines is 1. The SMILES string of the molecule is Cc1noc(C)c1CSC1=NS(=O)(=O)c2ccccc2N1. The quantitative estimate of drug-likeness (QED) is 0.914. The molecular weight excluding hydrogens is 310 g/mol. The van der Waals surface area contributed by atoms with E-state index in [4.69, 9.17) is 4.52 Å². The van der Waals surface area contributed by atoms with Crippen molar-refractivity contribution < 1.29 is 12.9 Å². The summed E-state index contributed by atoms with van der Waals surface area (Å²) in [4.78, 5) is 0.201. The van der Waals surface area contributed by atoms with Crippen LogP contribution >= 0.6 is 11.8 Å². The van der Waals surface area contributed by atoms with Crippen LogP contribution in [0.5, 0.6) is 0 Å². The second-order valence-corrected chi connectivity index (χ2v) is 7.12. The molecule has 0 aliphatic carbocycles. The first-order valence-corrected chi connectivity index (χ1v) is 8.65. The van der Waals surface area contributed by atoms with Gasteiger partial charge in [0.15, 0.2) is 5.17 Å². The Bertz CT molecular complexity index is 805. The molecule has 0 radical (unpaired) electrons. The van der Waals surface area contributed by atoms with Crippen LogP contribution in [-0.2, 0) is 15.8 Å². The molecule has 6 nitrogen and oxygen atoms in total. The molecule has 1 aliphatic rings. The van der Waals surface area contributed by atoms with Gasteiger partial charge in [0.05, 0.1) is 11.4 Å². The number of aromatic nitrogens is 1. The van der Waals surface area contributed by atoms with Gasteiger partial charge in [0.25, 0.3) is 10.0 Å². The van der Waals surface area contributed by atoms with E-state index in [9.17, 15) is 8.42 Å². The van der Waals surface area contributed by atoms with Gasteiger partial charge in [-0.25, -0.2) is 0 Å². The van der Waals surface area contributed by atoms with Crippen LogP contribution in [0.15, 0.2) is 38.1 Å². The second-order valence-electron chi connectivity index (χ2n) is 4.58. The third-order valence-electron chi connectivity index (χ3n) is 3.14. The zero-order chi connectivity index (χ0) is 15.0. The highest BCUT2D eigenvalue weighted by atomic mass is 32.2. The van der Waals surface area contributed by atoms with Gasteiger partial charge in [-0.1, -0.05) is 29.1 Å². The van der Waals surface area contributed by atoms with Gasteiger partial charge >= 0.3 is 0 Å². The number of benzene rings is 1. The van der Waals surface area contributed by atoms with E-state index in [1.54, 1.807) is 18.2 Å². The van der Waals surface area contributed by atoms with E-state index in [0.29, 0.717) is 16.6 Å². The molecule has 0 amide bonds. The maximum Gasteiger partial charge on any atom is 0.286 e. The highest BCUT2D eigenvalue weighted by Crippen LogP contribution is 2.30. The third-order valence-corrected chi connectivity index (χ3v) is 5.49. The zero-order valence-corrected chi connectivity index (χ0v) is 13.1. The monoisotopic (exact) mass is 323 g/mol. The van der Waals surface area contributed by atoms with E-state index >= 15 is 0 Å². The molecule has 1 N–H and O–H groups in total. The molecule has 0 spiro atoms. The molecule has 2 heterocycles. The summed E-state index contributed by atoms with van der Waals surface area (Å²) in [7, 11) is -3.64. The molecule has 0 unspecified atom stereocenters. The second kappa shape index (κ2) is 5.19. The van der Waals surface area contributed by atoms with E-state index in [0.717, 1.165) is 17.0 Å². The number of amidine groups is 1. The van der Waals surface area contributed by atoms with Crippen molar-refractivity contribution in [3.05, 3.63) is 41.3 Å². The fraction of sp³-hybridized carbons (Fsp3) is 0.231. The fourth-order valence-corrected chi connectivity index (χ4v) is 4.39. The van der Waals surface area contributed by atoms with Crippen LogP contribution in [0.2, 0.25) is 0 Å². The lowest BCUT2D eigenvalue weighted by molar-refractivity contribution is 0.392. The Morgan fingerprint density at radius 3 is 2.76 bits per heavy atom.